The van der Waals surface area contributed by atoms with Gasteiger partial charge >= 0.3 is 0 Å². The Labute approximate surface area is 93.7 Å². The van der Waals surface area contributed by atoms with Gasteiger partial charge in [-0.2, -0.15) is 0 Å². The van der Waals surface area contributed by atoms with Gasteiger partial charge in [0.2, 0.25) is 0 Å². The van der Waals surface area contributed by atoms with Crippen molar-refractivity contribution < 1.29 is 13.9 Å². The van der Waals surface area contributed by atoms with Gasteiger partial charge in [-0.15, -0.1) is 0 Å². The molecular weight excluding hydrogens is 207 g/mol. The summed E-state index contributed by atoms with van der Waals surface area (Å²) < 4.78 is 18.8. The van der Waals surface area contributed by atoms with E-state index < -0.39 is 5.82 Å². The Balaban J connectivity index is 2.33. The maximum absolute atomic E-state index is 13.6. The molecule has 0 saturated heterocycles. The molecule has 0 spiro atoms. The monoisotopic (exact) mass is 220 g/mol. The largest absolute Gasteiger partial charge is 0.377 e. The van der Waals surface area contributed by atoms with Crippen molar-refractivity contribution in [1.29, 1.82) is 0 Å². The summed E-state index contributed by atoms with van der Waals surface area (Å²) in [5.41, 5.74) is 2.07. The summed E-state index contributed by atoms with van der Waals surface area (Å²) in [6.45, 7) is 2.61. The molecule has 0 aromatic heterocycles. The van der Waals surface area contributed by atoms with Crippen LogP contribution in [0, 0.1) is 5.82 Å². The molecular formula is C13H13FO2. The summed E-state index contributed by atoms with van der Waals surface area (Å²) in [6.07, 6.45) is 2.74. The summed E-state index contributed by atoms with van der Waals surface area (Å²) in [7, 11) is 0. The van der Waals surface area contributed by atoms with Crippen molar-refractivity contribution in [2.75, 3.05) is 13.2 Å². The summed E-state index contributed by atoms with van der Waals surface area (Å²) >= 11 is 0. The number of halogens is 1. The Hall–Kier alpha value is -1.48. The minimum Gasteiger partial charge on any atom is -0.377 e. The van der Waals surface area contributed by atoms with E-state index in [1.54, 1.807) is 12.1 Å². The second kappa shape index (κ2) is 4.58. The number of carbonyl (C=O) groups is 1. The lowest BCUT2D eigenvalue weighted by Crippen LogP contribution is -2.05. The van der Waals surface area contributed by atoms with E-state index in [9.17, 15) is 9.18 Å². The average Bonchev–Trinajstić information content (AvgIpc) is 2.29. The molecule has 1 heterocycles. The smallest absolute Gasteiger partial charge is 0.162 e. The molecule has 2 nitrogen and oxygen atoms in total. The lowest BCUT2D eigenvalue weighted by atomic mass is 9.99. The van der Waals surface area contributed by atoms with Gasteiger partial charge in [0.1, 0.15) is 5.82 Å². The molecule has 1 aliphatic rings. The number of hydrogen-bond donors (Lipinski definition) is 0. The Bertz CT molecular complexity index is 449. The summed E-state index contributed by atoms with van der Waals surface area (Å²) in [5, 5.41) is 0. The van der Waals surface area contributed by atoms with Crippen molar-refractivity contribution >= 4 is 11.4 Å². The Morgan fingerprint density at radius 3 is 2.81 bits per heavy atom. The quantitative estimate of drug-likeness (QED) is 0.716. The highest BCUT2D eigenvalue weighted by atomic mass is 19.1. The standard InChI is InChI=1S/C13H13FO2/c1-9(15)12-3-2-11(8-13(12)14)10-4-6-16-7-5-10/h2-4,8H,5-7H2,1H3. The minimum absolute atomic E-state index is 0.149. The van der Waals surface area contributed by atoms with E-state index in [2.05, 4.69) is 0 Å². The van der Waals surface area contributed by atoms with Crippen LogP contribution in [0.5, 0.6) is 0 Å². The number of Topliss-reactive ketones (excluding diaryl/α,β-unsaturated/α-hetero) is 1. The van der Waals surface area contributed by atoms with Gasteiger partial charge in [0, 0.05) is 0 Å². The highest BCUT2D eigenvalue weighted by Gasteiger charge is 2.11. The molecule has 1 aromatic rings. The molecule has 0 bridgehead atoms. The number of rotatable bonds is 2. The van der Waals surface area contributed by atoms with Gasteiger partial charge < -0.3 is 4.74 Å². The normalized spacial score (nSPS) is 15.8. The number of ether oxygens (including phenoxy) is 1. The molecule has 0 saturated carbocycles. The highest BCUT2D eigenvalue weighted by Crippen LogP contribution is 2.23. The molecule has 84 valence electrons. The van der Waals surface area contributed by atoms with Crippen LogP contribution in [0.25, 0.3) is 5.57 Å². The van der Waals surface area contributed by atoms with E-state index in [0.717, 1.165) is 17.6 Å². The van der Waals surface area contributed by atoms with Crippen molar-refractivity contribution in [3.05, 3.63) is 41.2 Å². The summed E-state index contributed by atoms with van der Waals surface area (Å²) in [6, 6.07) is 4.76. The van der Waals surface area contributed by atoms with Gasteiger partial charge in [0.15, 0.2) is 5.78 Å². The van der Waals surface area contributed by atoms with E-state index in [0.29, 0.717) is 13.2 Å². The van der Waals surface area contributed by atoms with Gasteiger partial charge in [-0.3, -0.25) is 4.79 Å². The van der Waals surface area contributed by atoms with Crippen LogP contribution >= 0.6 is 0 Å². The van der Waals surface area contributed by atoms with Crippen molar-refractivity contribution in [3.63, 3.8) is 0 Å². The van der Waals surface area contributed by atoms with E-state index in [4.69, 9.17) is 4.74 Å². The number of hydrogen-bond acceptors (Lipinski definition) is 2. The van der Waals surface area contributed by atoms with Gasteiger partial charge in [0.05, 0.1) is 18.8 Å². The Morgan fingerprint density at radius 1 is 1.44 bits per heavy atom. The molecule has 0 radical (unpaired) electrons. The average molecular weight is 220 g/mol. The maximum atomic E-state index is 13.6. The Morgan fingerprint density at radius 2 is 2.25 bits per heavy atom. The fraction of sp³-hybridized carbons (Fsp3) is 0.308. The minimum atomic E-state index is -0.447. The van der Waals surface area contributed by atoms with Crippen LogP contribution in [0.4, 0.5) is 4.39 Å². The van der Waals surface area contributed by atoms with Gasteiger partial charge in [-0.1, -0.05) is 12.1 Å². The third-order valence-electron chi connectivity index (χ3n) is 2.68. The lowest BCUT2D eigenvalue weighted by Gasteiger charge is -2.14. The van der Waals surface area contributed by atoms with Crippen molar-refractivity contribution in [1.82, 2.24) is 0 Å². The van der Waals surface area contributed by atoms with E-state index >= 15 is 0 Å². The van der Waals surface area contributed by atoms with Crippen LogP contribution in [-0.4, -0.2) is 19.0 Å². The fourth-order valence-corrected chi connectivity index (χ4v) is 1.79. The predicted molar refractivity (Wildman–Crippen MR) is 59.8 cm³/mol. The van der Waals surface area contributed by atoms with Crippen LogP contribution in [0.3, 0.4) is 0 Å². The van der Waals surface area contributed by atoms with E-state index in [1.165, 1.54) is 13.0 Å². The molecule has 2 rings (SSSR count). The number of benzene rings is 1. The molecule has 0 N–H and O–H groups in total. The van der Waals surface area contributed by atoms with Gasteiger partial charge in [-0.05, 0) is 36.6 Å². The van der Waals surface area contributed by atoms with Crippen LogP contribution in [-0.2, 0) is 4.74 Å². The van der Waals surface area contributed by atoms with Gasteiger partial charge in [-0.25, -0.2) is 4.39 Å². The number of carbonyl (C=O) groups excluding carboxylic acids is 1. The molecule has 0 amide bonds. The SMILES string of the molecule is CC(=O)c1ccc(C2=CCOCC2)cc1F. The lowest BCUT2D eigenvalue weighted by molar-refractivity contribution is 0.101. The van der Waals surface area contributed by atoms with Crippen LogP contribution in [0.15, 0.2) is 24.3 Å². The number of ketones is 1. The zero-order valence-electron chi connectivity index (χ0n) is 9.13. The molecule has 3 heteroatoms. The molecule has 1 aromatic carbocycles. The summed E-state index contributed by atoms with van der Waals surface area (Å²) in [4.78, 5) is 11.1. The Kier molecular flexibility index (Phi) is 3.15. The third kappa shape index (κ3) is 2.19. The first-order chi connectivity index (χ1) is 7.68. The van der Waals surface area contributed by atoms with Crippen molar-refractivity contribution in [2.45, 2.75) is 13.3 Å². The van der Waals surface area contributed by atoms with E-state index in [1.807, 2.05) is 6.08 Å². The van der Waals surface area contributed by atoms with E-state index in [-0.39, 0.29) is 11.3 Å². The second-order valence-corrected chi connectivity index (χ2v) is 3.81. The molecule has 16 heavy (non-hydrogen) atoms. The highest BCUT2D eigenvalue weighted by molar-refractivity contribution is 5.94. The molecule has 0 atom stereocenters. The van der Waals surface area contributed by atoms with Crippen molar-refractivity contribution in [3.8, 4) is 0 Å². The second-order valence-electron chi connectivity index (χ2n) is 3.81. The van der Waals surface area contributed by atoms with Crippen LogP contribution in [0.1, 0.15) is 29.3 Å². The zero-order valence-corrected chi connectivity index (χ0v) is 9.13. The first-order valence-electron chi connectivity index (χ1n) is 5.26. The van der Waals surface area contributed by atoms with Crippen molar-refractivity contribution in [2.24, 2.45) is 0 Å². The van der Waals surface area contributed by atoms with Crippen LogP contribution < -0.4 is 0 Å². The predicted octanol–water partition coefficient (Wildman–Crippen LogP) is 2.83. The first-order valence-corrected chi connectivity index (χ1v) is 5.26. The first kappa shape index (κ1) is 11.0. The summed E-state index contributed by atoms with van der Waals surface area (Å²) in [5.74, 6) is -0.692. The molecule has 1 aliphatic heterocycles. The topological polar surface area (TPSA) is 26.3 Å². The van der Waals surface area contributed by atoms with Gasteiger partial charge in [0.25, 0.3) is 0 Å². The molecule has 0 unspecified atom stereocenters. The fourth-order valence-electron chi connectivity index (χ4n) is 1.79. The maximum Gasteiger partial charge on any atom is 0.162 e. The van der Waals surface area contributed by atoms with Crippen LogP contribution in [0.2, 0.25) is 0 Å². The zero-order chi connectivity index (χ0) is 11.5. The third-order valence-corrected chi connectivity index (χ3v) is 2.68. The molecule has 0 aliphatic carbocycles. The molecule has 0 fully saturated rings.